The van der Waals surface area contributed by atoms with Crippen molar-refractivity contribution in [1.29, 1.82) is 0 Å². The summed E-state index contributed by atoms with van der Waals surface area (Å²) in [5, 5.41) is 20.1. The maximum atomic E-state index is 12.9. The number of aliphatic hydroxyl groups excluding tert-OH is 1. The van der Waals surface area contributed by atoms with E-state index in [2.05, 4.69) is 0 Å². The smallest absolute Gasteiger partial charge is 0.321 e. The van der Waals surface area contributed by atoms with Crippen LogP contribution in [0.1, 0.15) is 5.56 Å². The minimum atomic E-state index is -4.23. The quantitative estimate of drug-likeness (QED) is 0.412. The van der Waals surface area contributed by atoms with Gasteiger partial charge < -0.3 is 9.84 Å². The molecule has 28 heavy (non-hydrogen) atoms. The van der Waals surface area contributed by atoms with Crippen LogP contribution in [-0.4, -0.2) is 36.5 Å². The normalized spacial score (nSPS) is 22.8. The fraction of sp³-hybridized carbons (Fsp3) is 0.300. The summed E-state index contributed by atoms with van der Waals surface area (Å²) in [4.78, 5) is 10.8. The van der Waals surface area contributed by atoms with E-state index in [0.717, 1.165) is 5.56 Å². The molecule has 8 heteroatoms. The van der Waals surface area contributed by atoms with Gasteiger partial charge in [-0.25, -0.2) is 8.42 Å². The summed E-state index contributed by atoms with van der Waals surface area (Å²) in [5.74, 6) is -1.72. The van der Waals surface area contributed by atoms with Crippen molar-refractivity contribution >= 4 is 9.84 Å². The van der Waals surface area contributed by atoms with E-state index in [4.69, 9.17) is 4.74 Å². The van der Waals surface area contributed by atoms with E-state index in [9.17, 15) is 23.6 Å². The Morgan fingerprint density at radius 1 is 1.04 bits per heavy atom. The molecule has 0 saturated heterocycles. The molecule has 2 aromatic rings. The van der Waals surface area contributed by atoms with Crippen molar-refractivity contribution < 1.29 is 23.2 Å². The van der Waals surface area contributed by atoms with Crippen molar-refractivity contribution in [2.24, 2.45) is 11.8 Å². The maximum absolute atomic E-state index is 12.9. The molecule has 4 atom stereocenters. The van der Waals surface area contributed by atoms with Gasteiger partial charge in [-0.05, 0) is 17.7 Å². The Bertz CT molecular complexity index is 930. The molecule has 1 aliphatic rings. The van der Waals surface area contributed by atoms with Gasteiger partial charge in [-0.3, -0.25) is 10.1 Å². The van der Waals surface area contributed by atoms with E-state index in [1.807, 2.05) is 30.3 Å². The minimum Gasteiger partial charge on any atom is -0.389 e. The van der Waals surface area contributed by atoms with E-state index in [-0.39, 0.29) is 18.1 Å². The molecular formula is C20H21NO6S. The van der Waals surface area contributed by atoms with Crippen LogP contribution in [-0.2, 0) is 21.2 Å². The molecule has 1 aliphatic carbocycles. The lowest BCUT2D eigenvalue weighted by atomic mass is 9.94. The lowest BCUT2D eigenvalue weighted by Gasteiger charge is -2.24. The number of nitrogens with zero attached hydrogens (tertiary/aromatic N) is 1. The van der Waals surface area contributed by atoms with Crippen LogP contribution in [0.2, 0.25) is 0 Å². The van der Waals surface area contributed by atoms with Crippen molar-refractivity contribution in [3.8, 4) is 0 Å². The highest BCUT2D eigenvalue weighted by molar-refractivity contribution is 7.91. The average molecular weight is 403 g/mol. The van der Waals surface area contributed by atoms with Gasteiger partial charge in [-0.1, -0.05) is 60.7 Å². The van der Waals surface area contributed by atoms with Crippen LogP contribution in [0.15, 0.2) is 77.7 Å². The van der Waals surface area contributed by atoms with Gasteiger partial charge in [-0.2, -0.15) is 0 Å². The molecule has 0 aromatic heterocycles. The third kappa shape index (κ3) is 4.30. The lowest BCUT2D eigenvalue weighted by Crippen LogP contribution is -2.42. The van der Waals surface area contributed by atoms with Gasteiger partial charge in [0.1, 0.15) is 0 Å². The number of benzene rings is 2. The maximum Gasteiger partial charge on any atom is 0.321 e. The molecule has 0 amide bonds. The number of ether oxygens (including phenoxy) is 1. The van der Waals surface area contributed by atoms with Crippen LogP contribution in [0.25, 0.3) is 0 Å². The monoisotopic (exact) mass is 403 g/mol. The predicted molar refractivity (Wildman–Crippen MR) is 103 cm³/mol. The zero-order valence-corrected chi connectivity index (χ0v) is 15.8. The fourth-order valence-electron chi connectivity index (χ4n) is 3.37. The number of rotatable bonds is 8. The first-order chi connectivity index (χ1) is 13.4. The molecule has 7 nitrogen and oxygen atoms in total. The van der Waals surface area contributed by atoms with E-state index < -0.39 is 38.1 Å². The summed E-state index contributed by atoms with van der Waals surface area (Å²) < 4.78 is 31.5. The number of hydrogen-bond donors (Lipinski definition) is 1. The van der Waals surface area contributed by atoms with Crippen LogP contribution < -0.4 is 0 Å². The Balaban J connectivity index is 1.79. The molecule has 0 fully saturated rings. The van der Waals surface area contributed by atoms with Crippen molar-refractivity contribution in [3.63, 3.8) is 0 Å². The van der Waals surface area contributed by atoms with Gasteiger partial charge in [0.2, 0.25) is 9.84 Å². The topological polar surface area (TPSA) is 107 Å². The summed E-state index contributed by atoms with van der Waals surface area (Å²) in [6.07, 6.45) is 1.81. The summed E-state index contributed by atoms with van der Waals surface area (Å²) in [7, 11) is -4.23. The Kier molecular flexibility index (Phi) is 6.23. The molecule has 4 unspecified atom stereocenters. The van der Waals surface area contributed by atoms with E-state index in [1.54, 1.807) is 6.07 Å². The molecule has 0 radical (unpaired) electrons. The van der Waals surface area contributed by atoms with Crippen LogP contribution >= 0.6 is 0 Å². The number of sulfone groups is 1. The highest BCUT2D eigenvalue weighted by Crippen LogP contribution is 2.35. The number of hydrogen-bond acceptors (Lipinski definition) is 6. The van der Waals surface area contributed by atoms with E-state index in [0.29, 0.717) is 0 Å². The van der Waals surface area contributed by atoms with E-state index >= 15 is 0 Å². The first-order valence-electron chi connectivity index (χ1n) is 8.82. The second-order valence-electron chi connectivity index (χ2n) is 6.65. The zero-order chi connectivity index (χ0) is 20.1. The summed E-state index contributed by atoms with van der Waals surface area (Å²) in [6.45, 7) is 0.272. The second kappa shape index (κ2) is 8.64. The molecule has 0 heterocycles. The molecule has 0 bridgehead atoms. The molecule has 2 aromatic carbocycles. The van der Waals surface area contributed by atoms with Crippen LogP contribution in [0.3, 0.4) is 0 Å². The number of aliphatic hydroxyl groups is 1. The van der Waals surface area contributed by atoms with Gasteiger partial charge in [0.25, 0.3) is 0 Å². The van der Waals surface area contributed by atoms with Crippen LogP contribution in [0.4, 0.5) is 0 Å². The SMILES string of the molecule is O=[N+]([O-])C(C1C=CC(O)C1COCc1ccccc1)S(=O)(=O)c1ccccc1. The highest BCUT2D eigenvalue weighted by Gasteiger charge is 2.50. The number of nitro groups is 1. The summed E-state index contributed by atoms with van der Waals surface area (Å²) >= 11 is 0. The Labute approximate surface area is 163 Å². The largest absolute Gasteiger partial charge is 0.389 e. The molecular weight excluding hydrogens is 382 g/mol. The lowest BCUT2D eigenvalue weighted by molar-refractivity contribution is -0.505. The van der Waals surface area contributed by atoms with Crippen molar-refractivity contribution in [2.75, 3.05) is 6.61 Å². The Hall–Kier alpha value is -2.55. The molecule has 1 N–H and O–H groups in total. The van der Waals surface area contributed by atoms with Crippen molar-refractivity contribution in [2.45, 2.75) is 23.0 Å². The zero-order valence-electron chi connectivity index (χ0n) is 15.0. The van der Waals surface area contributed by atoms with Gasteiger partial charge >= 0.3 is 5.37 Å². The Morgan fingerprint density at radius 3 is 2.25 bits per heavy atom. The molecule has 0 spiro atoms. The molecule has 0 aliphatic heterocycles. The third-order valence-electron chi connectivity index (χ3n) is 4.81. The standard InChI is InChI=1S/C20H21NO6S/c22-19-12-11-17(18(19)14-27-13-15-7-3-1-4-8-15)20(21(23)24)28(25,26)16-9-5-2-6-10-16/h1-12,17-20,22H,13-14H2. The highest BCUT2D eigenvalue weighted by atomic mass is 32.2. The molecule has 148 valence electrons. The van der Waals surface area contributed by atoms with E-state index in [1.165, 1.54) is 36.4 Å². The Morgan fingerprint density at radius 2 is 1.64 bits per heavy atom. The van der Waals surface area contributed by atoms with Crippen molar-refractivity contribution in [3.05, 3.63) is 88.5 Å². The third-order valence-corrected chi connectivity index (χ3v) is 6.86. The first-order valence-corrected chi connectivity index (χ1v) is 10.4. The predicted octanol–water partition coefficient (Wildman–Crippen LogP) is 2.44. The van der Waals surface area contributed by atoms with Gasteiger partial charge in [-0.15, -0.1) is 0 Å². The summed E-state index contributed by atoms with van der Waals surface area (Å²) in [5.41, 5.74) is 0.919. The summed E-state index contributed by atoms with van der Waals surface area (Å²) in [6, 6.07) is 16.7. The average Bonchev–Trinajstić information content (AvgIpc) is 3.03. The van der Waals surface area contributed by atoms with Crippen LogP contribution in [0, 0.1) is 22.0 Å². The van der Waals surface area contributed by atoms with Gasteiger partial charge in [0, 0.05) is 10.8 Å². The van der Waals surface area contributed by atoms with Crippen LogP contribution in [0.5, 0.6) is 0 Å². The van der Waals surface area contributed by atoms with Gasteiger partial charge in [0.05, 0.1) is 30.1 Å². The minimum absolute atomic E-state index is 0.00236. The van der Waals surface area contributed by atoms with Crippen molar-refractivity contribution in [1.82, 2.24) is 0 Å². The first kappa shape index (κ1) is 20.2. The molecule has 0 saturated carbocycles. The van der Waals surface area contributed by atoms with Gasteiger partial charge in [0.15, 0.2) is 0 Å². The molecule has 3 rings (SSSR count). The fourth-order valence-corrected chi connectivity index (χ4v) is 5.12. The second-order valence-corrected chi connectivity index (χ2v) is 8.70.